The Kier molecular flexibility index (Phi) is 10.9. The minimum absolute atomic E-state index is 0.151. The molecular weight excluding hydrogens is 711 g/mol. The van der Waals surface area contributed by atoms with Gasteiger partial charge in [0.2, 0.25) is 5.91 Å². The Morgan fingerprint density at radius 3 is 2.38 bits per heavy atom. The number of anilines is 1. The Morgan fingerprint density at radius 1 is 0.982 bits per heavy atom. The maximum atomic E-state index is 14.4. The number of rotatable bonds is 11. The summed E-state index contributed by atoms with van der Waals surface area (Å²) < 4.78 is 47.7. The van der Waals surface area contributed by atoms with Crippen molar-refractivity contribution in [2.24, 2.45) is 0 Å². The number of aromatic nitrogens is 2. The summed E-state index contributed by atoms with van der Waals surface area (Å²) in [4.78, 5) is 47.7. The van der Waals surface area contributed by atoms with Crippen LogP contribution in [0.4, 0.5) is 19.0 Å². The Bertz CT molecular complexity index is 2060. The number of nitrogens with one attached hydrogen (secondary N) is 2. The quantitative estimate of drug-likeness (QED) is 0.213. The van der Waals surface area contributed by atoms with Crippen LogP contribution in [0.25, 0.3) is 5.69 Å². The molecule has 3 atom stereocenters. The average molecular weight is 756 g/mol. The molecule has 1 unspecified atom stereocenters. The average Bonchev–Trinajstić information content (AvgIpc) is 3.61. The highest BCUT2D eigenvalue weighted by atomic mass is 19.4. The number of fused-ring (bicyclic) bond motifs is 1. The molecule has 55 heavy (non-hydrogen) atoms. The minimum Gasteiger partial charge on any atom is -0.378 e. The Hall–Kier alpha value is -5.31. The fourth-order valence-corrected chi connectivity index (χ4v) is 7.61. The van der Waals surface area contributed by atoms with Gasteiger partial charge in [0.1, 0.15) is 11.9 Å². The van der Waals surface area contributed by atoms with E-state index in [9.17, 15) is 27.6 Å². The molecule has 3 aliphatic heterocycles. The van der Waals surface area contributed by atoms with Gasteiger partial charge < -0.3 is 15.4 Å². The number of hydrogen-bond donors (Lipinski definition) is 2. The topological polar surface area (TPSA) is 112 Å². The van der Waals surface area contributed by atoms with Crippen molar-refractivity contribution in [1.82, 2.24) is 30.2 Å². The van der Waals surface area contributed by atoms with Crippen LogP contribution in [0.15, 0.2) is 97.2 Å². The van der Waals surface area contributed by atoms with Crippen molar-refractivity contribution in [3.8, 4) is 5.69 Å². The second-order valence-electron chi connectivity index (χ2n) is 14.2. The molecule has 3 aromatic carbocycles. The number of carbonyl (C=O) groups excluding carboxylic acids is 3. The highest BCUT2D eigenvalue weighted by Gasteiger charge is 2.44. The van der Waals surface area contributed by atoms with E-state index in [1.807, 2.05) is 61.5 Å². The van der Waals surface area contributed by atoms with E-state index in [-0.39, 0.29) is 30.6 Å². The predicted molar refractivity (Wildman–Crippen MR) is 201 cm³/mol. The van der Waals surface area contributed by atoms with Crippen molar-refractivity contribution in [1.29, 1.82) is 0 Å². The van der Waals surface area contributed by atoms with E-state index >= 15 is 0 Å². The van der Waals surface area contributed by atoms with Gasteiger partial charge in [-0.1, -0.05) is 55.1 Å². The van der Waals surface area contributed by atoms with Gasteiger partial charge in [0.15, 0.2) is 0 Å². The van der Waals surface area contributed by atoms with E-state index in [1.165, 1.54) is 11.0 Å². The molecule has 0 aliphatic carbocycles. The second-order valence-corrected chi connectivity index (χ2v) is 14.2. The molecular formula is C41H44F3N7O4. The Balaban J connectivity index is 1.14. The van der Waals surface area contributed by atoms with Crippen LogP contribution in [0.3, 0.4) is 0 Å². The smallest absolute Gasteiger partial charge is 0.378 e. The summed E-state index contributed by atoms with van der Waals surface area (Å²) >= 11 is 0. The third-order valence-electron chi connectivity index (χ3n) is 10.9. The van der Waals surface area contributed by atoms with E-state index in [1.54, 1.807) is 17.8 Å². The molecule has 2 saturated heterocycles. The summed E-state index contributed by atoms with van der Waals surface area (Å²) in [5, 5.41) is 10.5. The molecule has 1 aromatic heterocycles. The number of halogens is 3. The van der Waals surface area contributed by atoms with Crippen molar-refractivity contribution < 1.29 is 32.3 Å². The van der Waals surface area contributed by atoms with Gasteiger partial charge in [0.05, 0.1) is 36.7 Å². The molecule has 288 valence electrons. The number of hydrogen-bond acceptors (Lipinski definition) is 7. The number of benzene rings is 3. The minimum atomic E-state index is -4.65. The molecule has 0 bridgehead atoms. The Labute approximate surface area is 317 Å². The number of ether oxygens (including phenoxy) is 1. The van der Waals surface area contributed by atoms with E-state index in [4.69, 9.17) is 4.74 Å². The van der Waals surface area contributed by atoms with Gasteiger partial charge in [-0.25, -0.2) is 4.68 Å². The lowest BCUT2D eigenvalue weighted by Crippen LogP contribution is -2.58. The van der Waals surface area contributed by atoms with Crippen LogP contribution in [0, 0.1) is 0 Å². The number of piperazine rings is 1. The molecule has 11 nitrogen and oxygen atoms in total. The van der Waals surface area contributed by atoms with Crippen molar-refractivity contribution >= 4 is 23.5 Å². The first-order chi connectivity index (χ1) is 26.4. The highest BCUT2D eigenvalue weighted by molar-refractivity contribution is 6.05. The van der Waals surface area contributed by atoms with Crippen LogP contribution in [0.2, 0.25) is 0 Å². The molecule has 0 radical (unpaired) electrons. The molecule has 2 fully saturated rings. The Morgan fingerprint density at radius 2 is 1.71 bits per heavy atom. The second kappa shape index (κ2) is 15.8. The van der Waals surface area contributed by atoms with Crippen LogP contribution in [0.5, 0.6) is 0 Å². The standard InChI is InChI=1S/C41H44F3N7O4/c1-4-50-39-34(23-46-51(39)32-14-6-5-7-15-32)35(36(40(50)54)47-38(53)30-12-9-13-31(21-30)41(42,43)44)29-11-8-10-28(20-29)22-45-37(52)26(2)27(3)48-16-18-49(19-17-48)33-24-55-25-33/h5-15,20-21,23,27,33,35-36H,2,4,16-19,22,24-25H2,1,3H3,(H,45,52)(H,47,53)/t27?,35-,36+/m1/s1. The fourth-order valence-electron chi connectivity index (χ4n) is 7.61. The molecule has 7 rings (SSSR count). The number of likely N-dealkylation sites (N-methyl/N-ethyl adjacent to an activating group) is 1. The lowest BCUT2D eigenvalue weighted by molar-refractivity contribution is -0.137. The summed E-state index contributed by atoms with van der Waals surface area (Å²) in [6.07, 6.45) is -2.99. The van der Waals surface area contributed by atoms with Gasteiger partial charge in [-0.2, -0.15) is 18.3 Å². The fraction of sp³-hybridized carbons (Fsp3) is 0.366. The van der Waals surface area contributed by atoms with E-state index in [2.05, 4.69) is 32.1 Å². The van der Waals surface area contributed by atoms with Crippen molar-refractivity contribution in [3.05, 3.63) is 125 Å². The summed E-state index contributed by atoms with van der Waals surface area (Å²) in [6.45, 7) is 13.4. The number of alkyl halides is 3. The van der Waals surface area contributed by atoms with Gasteiger partial charge in [0.25, 0.3) is 11.8 Å². The van der Waals surface area contributed by atoms with Crippen molar-refractivity contribution in [2.45, 2.75) is 50.6 Å². The lowest BCUT2D eigenvalue weighted by atomic mass is 9.81. The summed E-state index contributed by atoms with van der Waals surface area (Å²) in [6, 6.07) is 19.9. The van der Waals surface area contributed by atoms with E-state index in [0.717, 1.165) is 68.8 Å². The number of nitrogens with zero attached hydrogens (tertiary/aromatic N) is 5. The molecule has 3 aliphatic rings. The molecule has 4 aromatic rings. The molecule has 3 amide bonds. The predicted octanol–water partition coefficient (Wildman–Crippen LogP) is 4.77. The van der Waals surface area contributed by atoms with Crippen molar-refractivity contribution in [2.75, 3.05) is 50.8 Å². The van der Waals surface area contributed by atoms with Gasteiger partial charge in [-0.3, -0.25) is 29.1 Å². The van der Waals surface area contributed by atoms with Crippen LogP contribution in [-0.2, 0) is 27.0 Å². The lowest BCUT2D eigenvalue weighted by Gasteiger charge is -2.44. The first-order valence-electron chi connectivity index (χ1n) is 18.5. The summed E-state index contributed by atoms with van der Waals surface area (Å²) in [7, 11) is 0. The molecule has 0 spiro atoms. The van der Waals surface area contributed by atoms with Gasteiger partial charge in [-0.15, -0.1) is 0 Å². The first-order valence-corrected chi connectivity index (χ1v) is 18.5. The van der Waals surface area contributed by atoms with Crippen LogP contribution in [-0.4, -0.2) is 101 Å². The maximum Gasteiger partial charge on any atom is 0.416 e. The van der Waals surface area contributed by atoms with Crippen LogP contribution in [0.1, 0.15) is 52.4 Å². The van der Waals surface area contributed by atoms with Crippen LogP contribution >= 0.6 is 0 Å². The molecule has 0 saturated carbocycles. The number of carbonyl (C=O) groups is 3. The van der Waals surface area contributed by atoms with E-state index < -0.39 is 35.5 Å². The zero-order valence-electron chi connectivity index (χ0n) is 30.8. The molecule has 4 heterocycles. The SMILES string of the molecule is C=C(C(=O)NCc1cccc([C@@H]2c3cnn(-c4ccccc4)c3N(CC)C(=O)[C@H]2NC(=O)c2cccc(C(F)(F)F)c2)c1)C(C)N1CCN(C2COC2)CC1. The highest BCUT2D eigenvalue weighted by Crippen LogP contribution is 2.42. The van der Waals surface area contributed by atoms with Crippen molar-refractivity contribution in [3.63, 3.8) is 0 Å². The van der Waals surface area contributed by atoms with Crippen LogP contribution < -0.4 is 15.5 Å². The zero-order valence-corrected chi connectivity index (χ0v) is 30.8. The number of para-hydroxylation sites is 1. The zero-order chi connectivity index (χ0) is 38.9. The monoisotopic (exact) mass is 755 g/mol. The molecule has 2 N–H and O–H groups in total. The van der Waals surface area contributed by atoms with Gasteiger partial charge in [-0.05, 0) is 55.3 Å². The summed E-state index contributed by atoms with van der Waals surface area (Å²) in [5.41, 5.74) is 2.03. The maximum absolute atomic E-state index is 14.4. The largest absolute Gasteiger partial charge is 0.416 e. The third-order valence-corrected chi connectivity index (χ3v) is 10.9. The van der Waals surface area contributed by atoms with Gasteiger partial charge >= 0.3 is 6.18 Å². The molecule has 14 heteroatoms. The normalized spacial score (nSPS) is 20.0. The first kappa shape index (κ1) is 38.0. The van der Waals surface area contributed by atoms with E-state index in [0.29, 0.717) is 28.6 Å². The number of amides is 3. The third kappa shape index (κ3) is 7.80. The summed E-state index contributed by atoms with van der Waals surface area (Å²) in [5.74, 6) is -1.77. The van der Waals surface area contributed by atoms with Gasteiger partial charge in [0, 0.05) is 67.9 Å².